The predicted molar refractivity (Wildman–Crippen MR) is 138 cm³/mol. The van der Waals surface area contributed by atoms with Gasteiger partial charge in [0.25, 0.3) is 0 Å². The average Bonchev–Trinajstić information content (AvgIpc) is 2.99. The summed E-state index contributed by atoms with van der Waals surface area (Å²) in [6.45, 7) is 18.4. The van der Waals surface area contributed by atoms with Crippen LogP contribution in [0.3, 0.4) is 0 Å². The van der Waals surface area contributed by atoms with Crippen LogP contribution in [0.25, 0.3) is 11.0 Å². The summed E-state index contributed by atoms with van der Waals surface area (Å²) < 4.78 is 12.3. The van der Waals surface area contributed by atoms with Crippen molar-refractivity contribution in [1.82, 2.24) is 19.2 Å². The molecular formula is C25H43N5OS. The van der Waals surface area contributed by atoms with Crippen LogP contribution < -0.4 is 9.62 Å². The van der Waals surface area contributed by atoms with Crippen LogP contribution in [-0.4, -0.2) is 60.3 Å². The average molecular weight is 462 g/mol. The van der Waals surface area contributed by atoms with Crippen LogP contribution in [-0.2, 0) is 16.7 Å². The standard InChI is InChI=1S/C18H29N5S.C7H14O/c1-6-23-16-8-7-14(13-15(16)20-17(23)18(2,3)4)21(5)24-22-11-9-19-10-12-22;1-7-3-2-5-8-6-4-7/h7-8,13,19H,6,9-12H2,1-5H3;7H,2-6H2,1H3. The number of ether oxygens (including phenoxy) is 1. The van der Waals surface area contributed by atoms with E-state index in [1.807, 2.05) is 0 Å². The van der Waals surface area contributed by atoms with Crippen LogP contribution in [0.5, 0.6) is 0 Å². The Morgan fingerprint density at radius 2 is 1.94 bits per heavy atom. The van der Waals surface area contributed by atoms with Crippen molar-refractivity contribution in [3.05, 3.63) is 24.0 Å². The molecule has 2 saturated heterocycles. The molecule has 0 amide bonds. The molecule has 2 aromatic rings. The third kappa shape index (κ3) is 6.86. The topological polar surface area (TPSA) is 45.6 Å². The number of anilines is 1. The van der Waals surface area contributed by atoms with E-state index in [9.17, 15) is 0 Å². The third-order valence-corrected chi connectivity index (χ3v) is 7.19. The molecule has 4 rings (SSSR count). The molecule has 0 aliphatic carbocycles. The summed E-state index contributed by atoms with van der Waals surface area (Å²) >= 11 is 1.80. The lowest BCUT2D eigenvalue weighted by Crippen LogP contribution is -2.41. The molecule has 7 heteroatoms. The maximum Gasteiger partial charge on any atom is 0.115 e. The molecule has 6 nitrogen and oxygen atoms in total. The maximum absolute atomic E-state index is 5.26. The molecule has 2 aliphatic heterocycles. The molecule has 1 aromatic heterocycles. The highest BCUT2D eigenvalue weighted by atomic mass is 32.2. The van der Waals surface area contributed by atoms with Crippen LogP contribution in [0.2, 0.25) is 0 Å². The number of hydrogen-bond donors (Lipinski definition) is 1. The van der Waals surface area contributed by atoms with E-state index >= 15 is 0 Å². The summed E-state index contributed by atoms with van der Waals surface area (Å²) in [5.41, 5.74) is 3.57. The van der Waals surface area contributed by atoms with Crippen molar-refractivity contribution in [1.29, 1.82) is 0 Å². The van der Waals surface area contributed by atoms with Crippen molar-refractivity contribution in [2.24, 2.45) is 5.92 Å². The van der Waals surface area contributed by atoms with Gasteiger partial charge in [0.1, 0.15) is 5.82 Å². The Bertz CT molecular complexity index is 833. The first-order valence-electron chi connectivity index (χ1n) is 12.3. The molecule has 0 spiro atoms. The molecule has 2 fully saturated rings. The normalized spacial score (nSPS) is 20.5. The molecule has 1 unspecified atom stereocenters. The molecule has 2 aliphatic rings. The van der Waals surface area contributed by atoms with Gasteiger partial charge in [-0.2, -0.15) is 0 Å². The molecule has 180 valence electrons. The number of fused-ring (bicyclic) bond motifs is 1. The quantitative estimate of drug-likeness (QED) is 0.641. The van der Waals surface area contributed by atoms with Gasteiger partial charge in [0, 0.05) is 70.5 Å². The molecule has 0 saturated carbocycles. The van der Waals surface area contributed by atoms with E-state index < -0.39 is 0 Å². The number of imidazole rings is 1. The maximum atomic E-state index is 5.26. The second kappa shape index (κ2) is 11.7. The molecule has 1 N–H and O–H groups in total. The first-order valence-corrected chi connectivity index (χ1v) is 13.0. The van der Waals surface area contributed by atoms with E-state index in [1.54, 1.807) is 12.1 Å². The van der Waals surface area contributed by atoms with E-state index in [1.165, 1.54) is 30.5 Å². The van der Waals surface area contributed by atoms with Gasteiger partial charge < -0.3 is 18.9 Å². The fourth-order valence-electron chi connectivity index (χ4n) is 4.22. The van der Waals surface area contributed by atoms with Crippen molar-refractivity contribution in [3.8, 4) is 0 Å². The van der Waals surface area contributed by atoms with E-state index in [0.29, 0.717) is 0 Å². The third-order valence-electron chi connectivity index (χ3n) is 6.14. The van der Waals surface area contributed by atoms with Gasteiger partial charge in [-0.15, -0.1) is 0 Å². The zero-order valence-electron chi connectivity index (χ0n) is 21.0. The van der Waals surface area contributed by atoms with Crippen molar-refractivity contribution in [2.45, 2.75) is 65.8 Å². The van der Waals surface area contributed by atoms with Crippen molar-refractivity contribution >= 4 is 28.9 Å². The number of nitrogens with zero attached hydrogens (tertiary/aromatic N) is 4. The molecule has 0 radical (unpaired) electrons. The van der Waals surface area contributed by atoms with Gasteiger partial charge >= 0.3 is 0 Å². The number of piperazine rings is 1. The summed E-state index contributed by atoms with van der Waals surface area (Å²) in [5, 5.41) is 3.40. The Morgan fingerprint density at radius 1 is 1.19 bits per heavy atom. The van der Waals surface area contributed by atoms with Crippen LogP contribution >= 0.6 is 12.1 Å². The lowest BCUT2D eigenvalue weighted by Gasteiger charge is -2.30. The molecule has 3 heterocycles. The largest absolute Gasteiger partial charge is 0.381 e. The van der Waals surface area contributed by atoms with Crippen LogP contribution in [0, 0.1) is 5.92 Å². The summed E-state index contributed by atoms with van der Waals surface area (Å²) in [6, 6.07) is 6.63. The summed E-state index contributed by atoms with van der Waals surface area (Å²) in [5.74, 6) is 2.06. The first kappa shape index (κ1) is 25.3. The minimum absolute atomic E-state index is 0.0522. The number of aromatic nitrogens is 2. The Hall–Kier alpha value is -1.28. The Morgan fingerprint density at radius 3 is 2.62 bits per heavy atom. The van der Waals surface area contributed by atoms with Gasteiger partial charge in [-0.1, -0.05) is 27.7 Å². The highest BCUT2D eigenvalue weighted by molar-refractivity contribution is 7.98. The first-order chi connectivity index (χ1) is 15.3. The minimum atomic E-state index is 0.0522. The summed E-state index contributed by atoms with van der Waals surface area (Å²) in [6.07, 6.45) is 3.89. The predicted octanol–water partition coefficient (Wildman–Crippen LogP) is 5.08. The van der Waals surface area contributed by atoms with Gasteiger partial charge in [-0.25, -0.2) is 9.29 Å². The highest BCUT2D eigenvalue weighted by Crippen LogP contribution is 2.31. The molecular weight excluding hydrogens is 418 g/mol. The van der Waals surface area contributed by atoms with Gasteiger partial charge in [0.2, 0.25) is 0 Å². The van der Waals surface area contributed by atoms with Gasteiger partial charge in [0.15, 0.2) is 0 Å². The second-order valence-corrected chi connectivity index (χ2v) is 11.2. The number of benzene rings is 1. The number of rotatable bonds is 4. The SMILES string of the molecule is CC1CCCOCC1.CCn1c(C(C)(C)C)nc2cc(N(C)SN3CCNCC3)ccc21. The zero-order valence-corrected chi connectivity index (χ0v) is 21.8. The fraction of sp³-hybridized carbons (Fsp3) is 0.720. The van der Waals surface area contributed by atoms with E-state index in [2.05, 4.69) is 78.4 Å². The number of nitrogens with one attached hydrogen (secondary N) is 1. The van der Waals surface area contributed by atoms with Crippen molar-refractivity contribution in [3.63, 3.8) is 0 Å². The number of aryl methyl sites for hydroxylation is 1. The smallest absolute Gasteiger partial charge is 0.115 e. The van der Waals surface area contributed by atoms with E-state index in [4.69, 9.17) is 9.72 Å². The Balaban J connectivity index is 0.000000305. The molecule has 1 atom stereocenters. The molecule has 1 aromatic carbocycles. The van der Waals surface area contributed by atoms with Crippen molar-refractivity contribution < 1.29 is 4.74 Å². The van der Waals surface area contributed by atoms with Crippen molar-refractivity contribution in [2.75, 3.05) is 50.7 Å². The minimum Gasteiger partial charge on any atom is -0.381 e. The van der Waals surface area contributed by atoms with Gasteiger partial charge in [-0.05, 0) is 50.3 Å². The van der Waals surface area contributed by atoms with Gasteiger partial charge in [0.05, 0.1) is 16.7 Å². The lowest BCUT2D eigenvalue weighted by molar-refractivity contribution is 0.142. The van der Waals surface area contributed by atoms with Crippen LogP contribution in [0.1, 0.15) is 59.7 Å². The van der Waals surface area contributed by atoms with Crippen LogP contribution in [0.15, 0.2) is 18.2 Å². The Kier molecular flexibility index (Phi) is 9.29. The Labute approximate surface area is 199 Å². The summed E-state index contributed by atoms with van der Waals surface area (Å²) in [4.78, 5) is 4.95. The highest BCUT2D eigenvalue weighted by Gasteiger charge is 2.23. The second-order valence-electron chi connectivity index (χ2n) is 10.0. The van der Waals surface area contributed by atoms with Gasteiger partial charge in [-0.3, -0.25) is 0 Å². The lowest BCUT2D eigenvalue weighted by atomic mass is 9.96. The molecule has 0 bridgehead atoms. The summed E-state index contributed by atoms with van der Waals surface area (Å²) in [7, 11) is 2.13. The van der Waals surface area contributed by atoms with E-state index in [0.717, 1.165) is 63.2 Å². The fourth-order valence-corrected chi connectivity index (χ4v) is 5.12. The number of hydrogen-bond acceptors (Lipinski definition) is 6. The molecule has 32 heavy (non-hydrogen) atoms. The van der Waals surface area contributed by atoms with Crippen LogP contribution in [0.4, 0.5) is 5.69 Å². The van der Waals surface area contributed by atoms with E-state index in [-0.39, 0.29) is 5.41 Å². The zero-order chi connectivity index (χ0) is 23.1. The monoisotopic (exact) mass is 461 g/mol.